The van der Waals surface area contributed by atoms with Crippen molar-refractivity contribution < 1.29 is 4.79 Å². The quantitative estimate of drug-likeness (QED) is 0.780. The molecule has 2 rings (SSSR count). The maximum atomic E-state index is 11.4. The number of halogens is 1. The van der Waals surface area contributed by atoms with E-state index in [1.165, 1.54) is 5.56 Å². The summed E-state index contributed by atoms with van der Waals surface area (Å²) in [5.74, 6) is 0.238. The van der Waals surface area contributed by atoms with E-state index >= 15 is 0 Å². The fourth-order valence-corrected chi connectivity index (χ4v) is 2.28. The molecule has 1 atom stereocenters. The van der Waals surface area contributed by atoms with Crippen LogP contribution in [0.2, 0.25) is 5.02 Å². The summed E-state index contributed by atoms with van der Waals surface area (Å²) in [6, 6.07) is 5.92. The Morgan fingerprint density at radius 2 is 2.18 bits per heavy atom. The maximum absolute atomic E-state index is 11.4. The first-order valence-electron chi connectivity index (χ1n) is 6.00. The van der Waals surface area contributed by atoms with E-state index in [2.05, 4.69) is 11.9 Å². The molecule has 1 unspecified atom stereocenters. The normalized spacial score (nSPS) is 22.4. The van der Waals surface area contributed by atoms with Crippen molar-refractivity contribution in [1.82, 2.24) is 0 Å². The molecule has 0 radical (unpaired) electrons. The highest BCUT2D eigenvalue weighted by Gasteiger charge is 2.26. The third kappa shape index (κ3) is 2.58. The Labute approximate surface area is 107 Å². The standard InChI is InChI=1S/C14H16ClNO/c1-3-10-4-5-13(11(15)8-10)16-12-6-7-14(17)9(12)2/h4-5,8-9H,3,6-7H2,1-2H3. The number of nitrogens with zero attached hydrogens (tertiary/aromatic N) is 1. The number of aryl methyl sites for hydroxylation is 1. The van der Waals surface area contributed by atoms with Crippen molar-refractivity contribution in [2.75, 3.05) is 0 Å². The van der Waals surface area contributed by atoms with Gasteiger partial charge in [0, 0.05) is 12.1 Å². The van der Waals surface area contributed by atoms with Crippen LogP contribution in [-0.2, 0) is 11.2 Å². The first-order valence-corrected chi connectivity index (χ1v) is 6.38. The minimum atomic E-state index is -0.0445. The van der Waals surface area contributed by atoms with Gasteiger partial charge < -0.3 is 0 Å². The molecule has 1 fully saturated rings. The summed E-state index contributed by atoms with van der Waals surface area (Å²) < 4.78 is 0. The van der Waals surface area contributed by atoms with Gasteiger partial charge in [0.1, 0.15) is 5.78 Å². The van der Waals surface area contributed by atoms with E-state index in [9.17, 15) is 4.79 Å². The lowest BCUT2D eigenvalue weighted by molar-refractivity contribution is -0.119. The molecular weight excluding hydrogens is 234 g/mol. The van der Waals surface area contributed by atoms with Gasteiger partial charge in [-0.2, -0.15) is 0 Å². The summed E-state index contributed by atoms with van der Waals surface area (Å²) >= 11 is 6.18. The second kappa shape index (κ2) is 5.01. The van der Waals surface area contributed by atoms with Crippen LogP contribution in [0.5, 0.6) is 0 Å². The minimum Gasteiger partial charge on any atom is -0.299 e. The second-order valence-corrected chi connectivity index (χ2v) is 4.84. The highest BCUT2D eigenvalue weighted by atomic mass is 35.5. The topological polar surface area (TPSA) is 29.4 Å². The van der Waals surface area contributed by atoms with Gasteiger partial charge in [0.25, 0.3) is 0 Å². The molecule has 1 aliphatic carbocycles. The van der Waals surface area contributed by atoms with Gasteiger partial charge in [-0.15, -0.1) is 0 Å². The molecule has 1 saturated carbocycles. The van der Waals surface area contributed by atoms with Crippen LogP contribution in [0.15, 0.2) is 23.2 Å². The van der Waals surface area contributed by atoms with Crippen LogP contribution in [0.25, 0.3) is 0 Å². The molecular formula is C14H16ClNO. The smallest absolute Gasteiger partial charge is 0.141 e. The Morgan fingerprint density at radius 3 is 2.71 bits per heavy atom. The predicted octanol–water partition coefficient (Wildman–Crippen LogP) is 3.97. The van der Waals surface area contributed by atoms with Crippen molar-refractivity contribution in [1.29, 1.82) is 0 Å². The molecule has 2 nitrogen and oxygen atoms in total. The molecule has 1 aromatic carbocycles. The third-order valence-corrected chi connectivity index (χ3v) is 3.60. The number of aliphatic imine (C=N–C) groups is 1. The zero-order valence-corrected chi connectivity index (χ0v) is 10.9. The van der Waals surface area contributed by atoms with Gasteiger partial charge in [0.05, 0.1) is 16.6 Å². The van der Waals surface area contributed by atoms with Crippen LogP contribution in [0.1, 0.15) is 32.3 Å². The highest BCUT2D eigenvalue weighted by molar-refractivity contribution is 6.33. The van der Waals surface area contributed by atoms with Crippen LogP contribution in [0.4, 0.5) is 5.69 Å². The first-order chi connectivity index (χ1) is 8.11. The van der Waals surface area contributed by atoms with Crippen molar-refractivity contribution in [2.45, 2.75) is 33.1 Å². The first kappa shape index (κ1) is 12.3. The largest absolute Gasteiger partial charge is 0.299 e. The molecule has 0 spiro atoms. The fraction of sp³-hybridized carbons (Fsp3) is 0.429. The SMILES string of the molecule is CCc1ccc(N=C2CCC(=O)C2C)c(Cl)c1. The second-order valence-electron chi connectivity index (χ2n) is 4.43. The monoisotopic (exact) mass is 249 g/mol. The van der Waals surface area contributed by atoms with Crippen molar-refractivity contribution >= 4 is 28.8 Å². The van der Waals surface area contributed by atoms with Crippen molar-refractivity contribution in [3.63, 3.8) is 0 Å². The summed E-state index contributed by atoms with van der Waals surface area (Å²) in [5, 5.41) is 0.670. The van der Waals surface area contributed by atoms with Gasteiger partial charge >= 0.3 is 0 Å². The predicted molar refractivity (Wildman–Crippen MR) is 71.3 cm³/mol. The van der Waals surface area contributed by atoms with Crippen molar-refractivity contribution in [2.24, 2.45) is 10.9 Å². The Morgan fingerprint density at radius 1 is 1.41 bits per heavy atom. The number of carbonyl (C=O) groups excluding carboxylic acids is 1. The van der Waals surface area contributed by atoms with Crippen LogP contribution in [0, 0.1) is 5.92 Å². The molecule has 17 heavy (non-hydrogen) atoms. The van der Waals surface area contributed by atoms with Gasteiger partial charge in [-0.3, -0.25) is 9.79 Å². The molecule has 90 valence electrons. The van der Waals surface area contributed by atoms with Gasteiger partial charge in [0.2, 0.25) is 0 Å². The number of ketones is 1. The third-order valence-electron chi connectivity index (χ3n) is 3.29. The Kier molecular flexibility index (Phi) is 3.63. The number of hydrogen-bond donors (Lipinski definition) is 0. The highest BCUT2D eigenvalue weighted by Crippen LogP contribution is 2.29. The van der Waals surface area contributed by atoms with Gasteiger partial charge in [0.15, 0.2) is 0 Å². The molecule has 0 N–H and O–H groups in total. The zero-order chi connectivity index (χ0) is 12.4. The Bertz CT molecular complexity index is 479. The zero-order valence-electron chi connectivity index (χ0n) is 10.2. The number of hydrogen-bond acceptors (Lipinski definition) is 2. The van der Waals surface area contributed by atoms with E-state index in [4.69, 9.17) is 11.6 Å². The summed E-state index contributed by atoms with van der Waals surface area (Å²) in [5.41, 5.74) is 2.94. The number of benzene rings is 1. The van der Waals surface area contributed by atoms with Crippen molar-refractivity contribution in [3.8, 4) is 0 Å². The molecule has 0 aliphatic heterocycles. The van der Waals surface area contributed by atoms with Crippen LogP contribution in [0.3, 0.4) is 0 Å². The summed E-state index contributed by atoms with van der Waals surface area (Å²) in [6.45, 7) is 4.01. The number of rotatable bonds is 2. The Balaban J connectivity index is 2.30. The van der Waals surface area contributed by atoms with Crippen LogP contribution < -0.4 is 0 Å². The van der Waals surface area contributed by atoms with Crippen LogP contribution in [-0.4, -0.2) is 11.5 Å². The van der Waals surface area contributed by atoms with Crippen molar-refractivity contribution in [3.05, 3.63) is 28.8 Å². The fourth-order valence-electron chi connectivity index (χ4n) is 2.04. The minimum absolute atomic E-state index is 0.0445. The molecule has 1 aliphatic rings. The van der Waals surface area contributed by atoms with Gasteiger partial charge in [-0.05, 0) is 30.5 Å². The van der Waals surface area contributed by atoms with E-state index in [0.717, 1.165) is 24.2 Å². The average molecular weight is 250 g/mol. The molecule has 0 bridgehead atoms. The molecule has 0 amide bonds. The van der Waals surface area contributed by atoms with Gasteiger partial charge in [-0.25, -0.2) is 0 Å². The van der Waals surface area contributed by atoms with Gasteiger partial charge in [-0.1, -0.05) is 31.5 Å². The van der Waals surface area contributed by atoms with E-state index in [1.807, 2.05) is 25.1 Å². The summed E-state index contributed by atoms with van der Waals surface area (Å²) in [4.78, 5) is 16.0. The maximum Gasteiger partial charge on any atom is 0.141 e. The lowest BCUT2D eigenvalue weighted by Crippen LogP contribution is -2.09. The molecule has 3 heteroatoms. The lowest BCUT2D eigenvalue weighted by Gasteiger charge is -2.05. The van der Waals surface area contributed by atoms with E-state index in [1.54, 1.807) is 0 Å². The van der Waals surface area contributed by atoms with E-state index in [-0.39, 0.29) is 11.7 Å². The average Bonchev–Trinajstić information content (AvgIpc) is 2.63. The summed E-state index contributed by atoms with van der Waals surface area (Å²) in [7, 11) is 0. The Hall–Kier alpha value is -1.15. The van der Waals surface area contributed by atoms with Crippen LogP contribution >= 0.6 is 11.6 Å². The molecule has 0 saturated heterocycles. The number of Topliss-reactive ketones (excluding diaryl/α,β-unsaturated/α-hetero) is 1. The molecule has 0 aromatic heterocycles. The van der Waals surface area contributed by atoms with E-state index < -0.39 is 0 Å². The molecule has 1 aromatic rings. The number of carbonyl (C=O) groups is 1. The van der Waals surface area contributed by atoms with E-state index in [0.29, 0.717) is 11.4 Å². The lowest BCUT2D eigenvalue weighted by atomic mass is 10.1. The molecule has 0 heterocycles. The summed E-state index contributed by atoms with van der Waals surface area (Å²) in [6.07, 6.45) is 2.35.